The number of aliphatic imine (C=N–C) groups is 1. The van der Waals surface area contributed by atoms with Gasteiger partial charge in [0, 0.05) is 57.1 Å². The number of carbonyl (C=O) groups is 2. The Hall–Kier alpha value is -3.65. The first-order valence-corrected chi connectivity index (χ1v) is 16.4. The molecule has 11 heteroatoms. The number of likely N-dealkylation sites (tertiary alicyclic amines) is 1. The topological polar surface area (TPSA) is 99.9 Å². The van der Waals surface area contributed by atoms with Crippen molar-refractivity contribution in [3.63, 3.8) is 0 Å². The molecule has 0 radical (unpaired) electrons. The van der Waals surface area contributed by atoms with Crippen LogP contribution in [0.3, 0.4) is 0 Å². The summed E-state index contributed by atoms with van der Waals surface area (Å²) in [6.45, 7) is 3.14. The molecule has 4 aromatic carbocycles. The van der Waals surface area contributed by atoms with Gasteiger partial charge in [-0.3, -0.25) is 9.89 Å². The first-order valence-electron chi connectivity index (χ1n) is 15.3. The maximum Gasteiger partial charge on any atom is 0.328 e. The van der Waals surface area contributed by atoms with Crippen molar-refractivity contribution in [2.24, 2.45) is 4.99 Å². The van der Waals surface area contributed by atoms with Gasteiger partial charge in [-0.1, -0.05) is 95.5 Å². The number of nitrogens with one attached hydrogen (secondary N) is 1. The van der Waals surface area contributed by atoms with E-state index in [-0.39, 0.29) is 28.8 Å². The molecular weight excluding hydrogens is 713 g/mol. The van der Waals surface area contributed by atoms with Crippen molar-refractivity contribution in [1.29, 1.82) is 0 Å². The second kappa shape index (κ2) is 15.3. The fourth-order valence-corrected chi connectivity index (χ4v) is 6.64. The molecule has 48 heavy (non-hydrogen) atoms. The van der Waals surface area contributed by atoms with Crippen molar-refractivity contribution in [2.45, 2.75) is 44.3 Å². The van der Waals surface area contributed by atoms with E-state index in [2.05, 4.69) is 15.2 Å². The summed E-state index contributed by atoms with van der Waals surface area (Å²) in [4.78, 5) is 37.0. The third-order valence-electron chi connectivity index (χ3n) is 8.75. The zero-order valence-electron chi connectivity index (χ0n) is 25.9. The summed E-state index contributed by atoms with van der Waals surface area (Å²) in [5.74, 6) is -1.38. The molecule has 1 aromatic heterocycles. The number of aliphatic carboxylic acids is 1. The largest absolute Gasteiger partial charge is 0.625 e. The van der Waals surface area contributed by atoms with Gasteiger partial charge in [0.05, 0.1) is 27.2 Å². The Balaban J connectivity index is 0.00000451. The molecule has 0 unspecified atom stereocenters. The van der Waals surface area contributed by atoms with Crippen molar-refractivity contribution in [1.82, 2.24) is 9.88 Å². The molecule has 1 saturated heterocycles. The minimum Gasteiger partial charge on any atom is -0.625 e. The number of aromatic nitrogens is 1. The Morgan fingerprint density at radius 2 is 1.73 bits per heavy atom. The molecule has 2 heterocycles. The number of nitrogens with zero attached hydrogens (tertiary/aromatic N) is 3. The minimum absolute atomic E-state index is 0. The number of rotatable bonds is 10. The van der Waals surface area contributed by atoms with Gasteiger partial charge in [0.2, 0.25) is 0 Å². The van der Waals surface area contributed by atoms with Crippen LogP contribution >= 0.6 is 34.8 Å². The fraction of sp³-hybridized carbons (Fsp3) is 0.216. The van der Waals surface area contributed by atoms with Crippen LogP contribution in [0.4, 0.5) is 5.69 Å². The summed E-state index contributed by atoms with van der Waals surface area (Å²) in [6.07, 6.45) is 3.44. The van der Waals surface area contributed by atoms with Gasteiger partial charge < -0.3 is 20.2 Å². The molecule has 6 rings (SSSR count). The van der Waals surface area contributed by atoms with Gasteiger partial charge in [0.1, 0.15) is 0 Å². The Bertz CT molecular complexity index is 1980. The molecule has 1 aliphatic rings. The molecule has 0 saturated carbocycles. The molecule has 7 nitrogen and oxygen atoms in total. The summed E-state index contributed by atoms with van der Waals surface area (Å²) in [6, 6.07) is 26.4. The van der Waals surface area contributed by atoms with Gasteiger partial charge in [-0.05, 0) is 73.3 Å². The van der Waals surface area contributed by atoms with E-state index >= 15 is 0 Å². The number of hydrogen-bond acceptors (Lipinski definition) is 4. The first-order chi connectivity index (χ1) is 22.6. The normalized spacial score (nSPS) is 17.2. The molecule has 1 amide bonds. The third-order valence-corrected chi connectivity index (χ3v) is 9.72. The molecule has 250 valence electrons. The molecule has 5 aromatic rings. The number of hydrogen-bond donors (Lipinski definition) is 2. The number of H-pyrrole nitrogens is 1. The van der Waals surface area contributed by atoms with Crippen LogP contribution in [0.25, 0.3) is 16.2 Å². The zero-order valence-corrected chi connectivity index (χ0v) is 29.2. The van der Waals surface area contributed by atoms with Crippen molar-refractivity contribution >= 4 is 69.0 Å². The Morgan fingerprint density at radius 1 is 0.979 bits per heavy atom. The number of carbonyl (C=O) groups excluding carboxylic acids is 1. The van der Waals surface area contributed by atoms with Crippen LogP contribution in [-0.2, 0) is 39.0 Å². The summed E-state index contributed by atoms with van der Waals surface area (Å²) < 4.78 is 0. The van der Waals surface area contributed by atoms with E-state index in [0.29, 0.717) is 50.6 Å². The van der Waals surface area contributed by atoms with Crippen LogP contribution in [0.1, 0.15) is 42.0 Å². The quantitative estimate of drug-likeness (QED) is 0.110. The van der Waals surface area contributed by atoms with Crippen molar-refractivity contribution in [3.8, 4) is 0 Å². The van der Waals surface area contributed by atoms with E-state index in [0.717, 1.165) is 35.0 Å². The molecule has 1 aliphatic heterocycles. The molecule has 0 aliphatic carbocycles. The first kappa shape index (κ1) is 35.7. The SMILES string of the molecule is C[C@@]1(C(=O)[N-]c2ccc(Cl)cc2C(=N[C@H](Cc2c[nH]c3ccccc23)C(=O)O)c2ccccc2)CCCN1Cc1ccc(Cl)c(Cl)c1.[Ni]. The number of amides is 1. The van der Waals surface area contributed by atoms with E-state index in [1.807, 2.05) is 79.9 Å². The van der Waals surface area contributed by atoms with Crippen molar-refractivity contribution in [3.05, 3.63) is 140 Å². The van der Waals surface area contributed by atoms with Crippen LogP contribution in [0.5, 0.6) is 0 Å². The molecule has 0 spiro atoms. The number of carboxylic acids is 1. The predicted molar refractivity (Wildman–Crippen MR) is 189 cm³/mol. The predicted octanol–water partition coefficient (Wildman–Crippen LogP) is 9.25. The average molecular weight is 746 g/mol. The number of fused-ring (bicyclic) bond motifs is 1. The standard InChI is InChI=1S/C37H33Cl3N4O3.Ni/c1-37(16-7-17-44(37)22-23-12-14-29(39)30(40)18-23)36(47)43-32-15-13-26(38)20-28(32)34(24-8-3-2-4-9-24)42-33(35(45)46)19-25-21-41-31-11-6-5-10-27(25)31;/h2-6,8-15,18,20-21,33,41H,7,16-17,19,22H2,1H3,(H2,42,43,45,46,47);/p-1/t33-,37+;/m1./s1. The van der Waals surface area contributed by atoms with E-state index in [9.17, 15) is 14.7 Å². The summed E-state index contributed by atoms with van der Waals surface area (Å²) >= 11 is 18.9. The van der Waals surface area contributed by atoms with Gasteiger partial charge in [0.15, 0.2) is 6.04 Å². The van der Waals surface area contributed by atoms with Gasteiger partial charge >= 0.3 is 5.97 Å². The van der Waals surface area contributed by atoms with E-state index in [1.54, 1.807) is 24.3 Å². The summed E-state index contributed by atoms with van der Waals surface area (Å²) in [5, 5.41) is 17.3. The van der Waals surface area contributed by atoms with Crippen molar-refractivity contribution < 1.29 is 31.2 Å². The van der Waals surface area contributed by atoms with Crippen LogP contribution in [-0.4, -0.2) is 50.7 Å². The number of aromatic amines is 1. The fourth-order valence-electron chi connectivity index (χ4n) is 6.15. The average Bonchev–Trinajstić information content (AvgIpc) is 3.65. The van der Waals surface area contributed by atoms with Crippen LogP contribution in [0.2, 0.25) is 15.1 Å². The molecular formula is C37H32Cl3N4NiO3-. The number of benzene rings is 4. The van der Waals surface area contributed by atoms with E-state index in [1.165, 1.54) is 0 Å². The summed E-state index contributed by atoms with van der Waals surface area (Å²) in [5.41, 5.74) is 3.73. The van der Waals surface area contributed by atoms with Gasteiger partial charge in [-0.15, -0.1) is 5.69 Å². The monoisotopic (exact) mass is 743 g/mol. The molecule has 1 fully saturated rings. The van der Waals surface area contributed by atoms with Crippen LogP contribution in [0, 0.1) is 0 Å². The van der Waals surface area contributed by atoms with Crippen LogP contribution < -0.4 is 0 Å². The second-order valence-electron chi connectivity index (χ2n) is 11.9. The summed E-state index contributed by atoms with van der Waals surface area (Å²) in [7, 11) is 0. The van der Waals surface area contributed by atoms with E-state index in [4.69, 9.17) is 39.8 Å². The number of halogens is 3. The number of para-hydroxylation sites is 1. The Kier molecular flexibility index (Phi) is 11.3. The minimum atomic E-state index is -1.12. The van der Waals surface area contributed by atoms with Crippen LogP contribution in [0.15, 0.2) is 102 Å². The Morgan fingerprint density at radius 3 is 2.48 bits per heavy atom. The zero-order chi connectivity index (χ0) is 33.1. The van der Waals surface area contributed by atoms with Gasteiger partial charge in [-0.2, -0.15) is 0 Å². The second-order valence-corrected chi connectivity index (χ2v) is 13.1. The Labute approximate surface area is 304 Å². The molecule has 0 bridgehead atoms. The molecule has 2 N–H and O–H groups in total. The van der Waals surface area contributed by atoms with Gasteiger partial charge in [-0.25, -0.2) is 4.79 Å². The number of carboxylic acid groups (broad SMARTS) is 1. The molecule has 2 atom stereocenters. The maximum absolute atomic E-state index is 14.1. The maximum atomic E-state index is 14.1. The smallest absolute Gasteiger partial charge is 0.328 e. The van der Waals surface area contributed by atoms with E-state index < -0.39 is 17.6 Å². The van der Waals surface area contributed by atoms with Gasteiger partial charge in [0.25, 0.3) is 0 Å². The van der Waals surface area contributed by atoms with Crippen molar-refractivity contribution in [2.75, 3.05) is 6.54 Å². The third kappa shape index (κ3) is 7.64.